The Morgan fingerprint density at radius 2 is 1.66 bits per heavy atom. The Morgan fingerprint density at radius 3 is 2.17 bits per heavy atom. The topological polar surface area (TPSA) is 127 Å². The Morgan fingerprint density at radius 1 is 1.07 bits per heavy atom. The number of carbonyl (C=O) groups is 2. The summed E-state index contributed by atoms with van der Waals surface area (Å²) in [6.45, 7) is 5.17. The van der Waals surface area contributed by atoms with Crippen molar-refractivity contribution in [3.8, 4) is 0 Å². The molecule has 2 aromatic rings. The molecule has 3 heterocycles. The van der Waals surface area contributed by atoms with E-state index in [1.807, 2.05) is 17.9 Å². The number of halogens is 1. The van der Waals surface area contributed by atoms with Crippen LogP contribution in [-0.2, 0) is 0 Å². The number of pyridine rings is 2. The first kappa shape index (κ1) is 22.7. The van der Waals surface area contributed by atoms with Gasteiger partial charge in [-0.25, -0.2) is 14.8 Å². The number of carboxylic acid groups (broad SMARTS) is 1. The highest BCUT2D eigenvalue weighted by atomic mass is 127. The zero-order chi connectivity index (χ0) is 21.6. The smallest absolute Gasteiger partial charge is 0.354 e. The maximum absolute atomic E-state index is 12.2. The number of aromatic carboxylic acids is 1. The van der Waals surface area contributed by atoms with Gasteiger partial charge in [0.1, 0.15) is 11.9 Å². The third kappa shape index (κ3) is 6.17. The molecule has 29 heavy (non-hydrogen) atoms. The molecular weight excluding hydrogens is 491 g/mol. The average Bonchev–Trinajstić information content (AvgIpc) is 2.68. The van der Waals surface area contributed by atoms with Crippen LogP contribution in [-0.4, -0.2) is 49.9 Å². The number of likely N-dealkylation sites (tertiary alicyclic amines) is 1. The van der Waals surface area contributed by atoms with E-state index in [1.54, 1.807) is 6.20 Å². The molecule has 1 saturated heterocycles. The van der Waals surface area contributed by atoms with Gasteiger partial charge in [0, 0.05) is 28.9 Å². The fraction of sp³-hybridized carbons (Fsp3) is 0.368. The van der Waals surface area contributed by atoms with Gasteiger partial charge in [-0.2, -0.15) is 0 Å². The summed E-state index contributed by atoms with van der Waals surface area (Å²) in [6.07, 6.45) is 6.16. The van der Waals surface area contributed by atoms with Gasteiger partial charge >= 0.3 is 5.97 Å². The standard InChI is InChI=1S/C12H15IN2O.C7H6N2O4/c1-9-7-10(13)8-14-11(9)12(16)15-5-3-2-4-6-15;1-4-2-5(9(12)13)3-8-6(4)7(10)11/h7-8H,2-6H2,1H3;2-3H,1H3,(H,10,11). The highest BCUT2D eigenvalue weighted by Crippen LogP contribution is 2.16. The largest absolute Gasteiger partial charge is 0.477 e. The van der Waals surface area contributed by atoms with Crippen molar-refractivity contribution < 1.29 is 19.6 Å². The minimum Gasteiger partial charge on any atom is -0.477 e. The van der Waals surface area contributed by atoms with Crippen LogP contribution < -0.4 is 0 Å². The van der Waals surface area contributed by atoms with Gasteiger partial charge < -0.3 is 10.0 Å². The molecule has 0 aromatic carbocycles. The molecule has 1 aliphatic rings. The number of aromatic nitrogens is 2. The highest BCUT2D eigenvalue weighted by molar-refractivity contribution is 14.1. The van der Waals surface area contributed by atoms with Crippen LogP contribution in [0.2, 0.25) is 0 Å². The first-order valence-corrected chi connectivity index (χ1v) is 10.0. The molecule has 0 radical (unpaired) electrons. The van der Waals surface area contributed by atoms with Crippen molar-refractivity contribution in [1.82, 2.24) is 14.9 Å². The lowest BCUT2D eigenvalue weighted by Crippen LogP contribution is -2.36. The maximum atomic E-state index is 12.2. The molecule has 0 saturated carbocycles. The Balaban J connectivity index is 0.000000212. The predicted octanol–water partition coefficient (Wildman–Crippen LogP) is 3.62. The fourth-order valence-electron chi connectivity index (χ4n) is 2.89. The second-order valence-electron chi connectivity index (χ2n) is 6.59. The summed E-state index contributed by atoms with van der Waals surface area (Å²) in [6, 6.07) is 3.18. The van der Waals surface area contributed by atoms with Gasteiger partial charge in [-0.1, -0.05) is 0 Å². The summed E-state index contributed by atoms with van der Waals surface area (Å²) in [5.41, 5.74) is 1.50. The Bertz CT molecular complexity index is 929. The van der Waals surface area contributed by atoms with Crippen molar-refractivity contribution in [2.24, 2.45) is 0 Å². The van der Waals surface area contributed by atoms with Crippen LogP contribution in [0, 0.1) is 27.5 Å². The number of rotatable bonds is 3. The molecule has 0 atom stereocenters. The third-order valence-electron chi connectivity index (χ3n) is 4.37. The lowest BCUT2D eigenvalue weighted by atomic mass is 10.1. The highest BCUT2D eigenvalue weighted by Gasteiger charge is 2.20. The summed E-state index contributed by atoms with van der Waals surface area (Å²) >= 11 is 2.21. The Labute approximate surface area is 181 Å². The minimum atomic E-state index is -1.19. The molecule has 10 heteroatoms. The molecule has 154 valence electrons. The van der Waals surface area contributed by atoms with E-state index in [1.165, 1.54) is 19.4 Å². The van der Waals surface area contributed by atoms with Gasteiger partial charge in [0.05, 0.1) is 4.92 Å². The minimum absolute atomic E-state index is 0.0913. The van der Waals surface area contributed by atoms with Gasteiger partial charge in [-0.05, 0) is 72.9 Å². The van der Waals surface area contributed by atoms with Crippen molar-refractivity contribution in [3.63, 3.8) is 0 Å². The van der Waals surface area contributed by atoms with E-state index in [0.29, 0.717) is 5.69 Å². The molecular formula is C19H21IN4O5. The number of aryl methyl sites for hydroxylation is 2. The second kappa shape index (κ2) is 10.2. The van der Waals surface area contributed by atoms with Crippen LogP contribution in [0.15, 0.2) is 24.5 Å². The van der Waals surface area contributed by atoms with Crippen LogP contribution in [0.3, 0.4) is 0 Å². The predicted molar refractivity (Wildman–Crippen MR) is 114 cm³/mol. The maximum Gasteiger partial charge on any atom is 0.354 e. The zero-order valence-electron chi connectivity index (χ0n) is 16.1. The molecule has 0 unspecified atom stereocenters. The SMILES string of the molecule is Cc1cc(I)cnc1C(=O)N1CCCCC1.Cc1cc([N+](=O)[O-])cnc1C(=O)O. The number of piperidine rings is 1. The average molecular weight is 512 g/mol. The summed E-state index contributed by atoms with van der Waals surface area (Å²) in [7, 11) is 0. The molecule has 1 aliphatic heterocycles. The van der Waals surface area contributed by atoms with Crippen LogP contribution >= 0.6 is 22.6 Å². The normalized spacial score (nSPS) is 13.3. The fourth-order valence-corrected chi connectivity index (χ4v) is 3.50. The number of hydrogen-bond donors (Lipinski definition) is 1. The van der Waals surface area contributed by atoms with Gasteiger partial charge in [-0.15, -0.1) is 0 Å². The van der Waals surface area contributed by atoms with E-state index in [-0.39, 0.29) is 22.9 Å². The first-order valence-electron chi connectivity index (χ1n) is 8.96. The van der Waals surface area contributed by atoms with Crippen molar-refractivity contribution >= 4 is 40.2 Å². The Kier molecular flexibility index (Phi) is 8.00. The number of hydrogen-bond acceptors (Lipinski definition) is 6. The molecule has 0 spiro atoms. The second-order valence-corrected chi connectivity index (χ2v) is 7.84. The lowest BCUT2D eigenvalue weighted by molar-refractivity contribution is -0.385. The van der Waals surface area contributed by atoms with Crippen LogP contribution in [0.1, 0.15) is 51.4 Å². The van der Waals surface area contributed by atoms with Crippen molar-refractivity contribution in [2.45, 2.75) is 33.1 Å². The molecule has 3 rings (SSSR count). The molecule has 1 N–H and O–H groups in total. The van der Waals surface area contributed by atoms with E-state index in [2.05, 4.69) is 32.6 Å². The van der Waals surface area contributed by atoms with Crippen LogP contribution in [0.4, 0.5) is 5.69 Å². The summed E-state index contributed by atoms with van der Waals surface area (Å²) in [4.78, 5) is 41.9. The van der Waals surface area contributed by atoms with Crippen molar-refractivity contribution in [2.75, 3.05) is 13.1 Å². The molecule has 9 nitrogen and oxygen atoms in total. The summed E-state index contributed by atoms with van der Waals surface area (Å²) in [5, 5.41) is 18.8. The van der Waals surface area contributed by atoms with Gasteiger partial charge in [0.15, 0.2) is 5.69 Å². The summed E-state index contributed by atoms with van der Waals surface area (Å²) in [5.74, 6) is -1.10. The quantitative estimate of drug-likeness (QED) is 0.378. The van der Waals surface area contributed by atoms with E-state index in [9.17, 15) is 19.7 Å². The monoisotopic (exact) mass is 512 g/mol. The summed E-state index contributed by atoms with van der Waals surface area (Å²) < 4.78 is 1.07. The number of carbonyl (C=O) groups excluding carboxylic acids is 1. The molecule has 1 fully saturated rings. The van der Waals surface area contributed by atoms with Crippen molar-refractivity contribution in [3.05, 3.63) is 60.7 Å². The molecule has 0 bridgehead atoms. The van der Waals surface area contributed by atoms with Gasteiger partial charge in [-0.3, -0.25) is 14.9 Å². The molecule has 0 aliphatic carbocycles. The number of carboxylic acids is 1. The van der Waals surface area contributed by atoms with E-state index >= 15 is 0 Å². The van der Waals surface area contributed by atoms with E-state index < -0.39 is 10.9 Å². The molecule has 1 amide bonds. The molecule has 2 aromatic heterocycles. The third-order valence-corrected chi connectivity index (χ3v) is 4.96. The van der Waals surface area contributed by atoms with E-state index in [0.717, 1.165) is 41.3 Å². The van der Waals surface area contributed by atoms with Gasteiger partial charge in [0.25, 0.3) is 11.6 Å². The van der Waals surface area contributed by atoms with Gasteiger partial charge in [0.2, 0.25) is 0 Å². The lowest BCUT2D eigenvalue weighted by Gasteiger charge is -2.26. The van der Waals surface area contributed by atoms with Crippen molar-refractivity contribution in [1.29, 1.82) is 0 Å². The number of nitro groups is 1. The van der Waals surface area contributed by atoms with E-state index in [4.69, 9.17) is 5.11 Å². The number of amides is 1. The Hall–Kier alpha value is -2.63. The first-order chi connectivity index (χ1) is 13.7. The zero-order valence-corrected chi connectivity index (χ0v) is 18.2. The number of nitrogens with zero attached hydrogens (tertiary/aromatic N) is 4. The van der Waals surface area contributed by atoms with Crippen LogP contribution in [0.5, 0.6) is 0 Å². The van der Waals surface area contributed by atoms with Crippen LogP contribution in [0.25, 0.3) is 0 Å².